The number of anilines is 1. The van der Waals surface area contributed by atoms with Crippen molar-refractivity contribution in [1.82, 2.24) is 0 Å². The predicted molar refractivity (Wildman–Crippen MR) is 47.4 cm³/mol. The van der Waals surface area contributed by atoms with E-state index in [0.717, 1.165) is 5.69 Å². The third-order valence-corrected chi connectivity index (χ3v) is 1.71. The number of phenols is 2. The second kappa shape index (κ2) is 2.96. The van der Waals surface area contributed by atoms with Gasteiger partial charge in [-0.2, -0.15) is 0 Å². The maximum Gasteiger partial charge on any atom is 0.159 e. The molecule has 0 spiro atoms. The molecule has 0 heterocycles. The molecule has 0 saturated heterocycles. The topological polar surface area (TPSA) is 52.5 Å². The summed E-state index contributed by atoms with van der Waals surface area (Å²) < 4.78 is 2.79. The van der Waals surface area contributed by atoms with Gasteiger partial charge in [0.25, 0.3) is 0 Å². The van der Waals surface area contributed by atoms with E-state index in [-0.39, 0.29) is 11.5 Å². The molecule has 0 fully saturated rings. The zero-order valence-corrected chi connectivity index (χ0v) is 7.16. The molecule has 3 N–H and O–H groups in total. The quantitative estimate of drug-likeness (QED) is 0.309. The molecular formula is C6H6INO2. The summed E-state index contributed by atoms with van der Waals surface area (Å²) in [5, 5.41) is 17.8. The minimum atomic E-state index is -0.110. The van der Waals surface area contributed by atoms with Crippen LogP contribution in [0.1, 0.15) is 0 Å². The fourth-order valence-electron chi connectivity index (χ4n) is 0.582. The molecule has 1 aromatic carbocycles. The maximum atomic E-state index is 8.94. The second-order valence-corrected chi connectivity index (χ2v) is 2.34. The van der Waals surface area contributed by atoms with Crippen molar-refractivity contribution in [3.63, 3.8) is 0 Å². The van der Waals surface area contributed by atoms with Crippen LogP contribution in [0.25, 0.3) is 0 Å². The van der Waals surface area contributed by atoms with Gasteiger partial charge in [0.05, 0.1) is 22.9 Å². The van der Waals surface area contributed by atoms with Crippen LogP contribution in [0.5, 0.6) is 11.5 Å². The molecule has 0 aliphatic rings. The average Bonchev–Trinajstić information content (AvgIpc) is 1.95. The highest BCUT2D eigenvalue weighted by atomic mass is 127. The summed E-state index contributed by atoms with van der Waals surface area (Å²) in [4.78, 5) is 0. The van der Waals surface area contributed by atoms with Gasteiger partial charge in [-0.25, -0.2) is 0 Å². The highest BCUT2D eigenvalue weighted by Crippen LogP contribution is 2.27. The Morgan fingerprint density at radius 3 is 2.40 bits per heavy atom. The minimum absolute atomic E-state index is 0.101. The Balaban J connectivity index is 3.04. The average molecular weight is 251 g/mol. The smallest absolute Gasteiger partial charge is 0.159 e. The molecule has 10 heavy (non-hydrogen) atoms. The van der Waals surface area contributed by atoms with Gasteiger partial charge < -0.3 is 13.7 Å². The fourth-order valence-corrected chi connectivity index (χ4v) is 0.918. The van der Waals surface area contributed by atoms with Crippen LogP contribution in [0.4, 0.5) is 5.69 Å². The van der Waals surface area contributed by atoms with E-state index < -0.39 is 0 Å². The van der Waals surface area contributed by atoms with E-state index in [4.69, 9.17) is 10.2 Å². The van der Waals surface area contributed by atoms with Crippen molar-refractivity contribution in [2.75, 3.05) is 3.53 Å². The lowest BCUT2D eigenvalue weighted by Gasteiger charge is -1.99. The first-order valence-electron chi connectivity index (χ1n) is 2.62. The number of aromatic hydroxyl groups is 2. The molecule has 0 radical (unpaired) electrons. The van der Waals surface area contributed by atoms with Crippen LogP contribution in [0.2, 0.25) is 0 Å². The number of hydrogen-bond donors (Lipinski definition) is 3. The largest absolute Gasteiger partial charge is 0.504 e. The lowest BCUT2D eigenvalue weighted by Crippen LogP contribution is -1.77. The van der Waals surface area contributed by atoms with Crippen molar-refractivity contribution >= 4 is 28.6 Å². The van der Waals surface area contributed by atoms with Crippen molar-refractivity contribution < 1.29 is 10.2 Å². The van der Waals surface area contributed by atoms with Crippen molar-refractivity contribution in [3.8, 4) is 11.5 Å². The number of phenolic OH excluding ortho intramolecular Hbond substituents is 2. The Hall–Kier alpha value is -0.650. The molecule has 0 unspecified atom stereocenters. The second-order valence-electron chi connectivity index (χ2n) is 1.80. The predicted octanol–water partition coefficient (Wildman–Crippen LogP) is 1.86. The summed E-state index contributed by atoms with van der Waals surface area (Å²) in [6.45, 7) is 0. The molecule has 0 atom stereocenters. The van der Waals surface area contributed by atoms with Gasteiger partial charge in [0, 0.05) is 11.8 Å². The van der Waals surface area contributed by atoms with Crippen LogP contribution in [0, 0.1) is 0 Å². The highest BCUT2D eigenvalue weighted by Gasteiger charge is 1.97. The van der Waals surface area contributed by atoms with Crippen LogP contribution in [-0.2, 0) is 0 Å². The Morgan fingerprint density at radius 2 is 1.90 bits per heavy atom. The summed E-state index contributed by atoms with van der Waals surface area (Å²) in [6.07, 6.45) is 0. The lowest BCUT2D eigenvalue weighted by molar-refractivity contribution is 0.404. The normalized spacial score (nSPS) is 9.30. The van der Waals surface area contributed by atoms with Gasteiger partial charge in [-0.3, -0.25) is 0 Å². The van der Waals surface area contributed by atoms with E-state index in [1.54, 1.807) is 6.07 Å². The molecule has 1 rings (SSSR count). The number of nitrogens with one attached hydrogen (secondary N) is 1. The zero-order chi connectivity index (χ0) is 7.56. The third-order valence-electron chi connectivity index (χ3n) is 1.08. The molecule has 0 amide bonds. The highest BCUT2D eigenvalue weighted by molar-refractivity contribution is 14.1. The van der Waals surface area contributed by atoms with E-state index in [2.05, 4.69) is 3.53 Å². The molecule has 54 valence electrons. The Morgan fingerprint density at radius 1 is 1.20 bits per heavy atom. The van der Waals surface area contributed by atoms with Crippen molar-refractivity contribution in [3.05, 3.63) is 18.2 Å². The van der Waals surface area contributed by atoms with E-state index in [1.807, 2.05) is 22.9 Å². The minimum Gasteiger partial charge on any atom is -0.504 e. The van der Waals surface area contributed by atoms with Gasteiger partial charge in [-0.15, -0.1) is 0 Å². The van der Waals surface area contributed by atoms with Gasteiger partial charge in [0.2, 0.25) is 0 Å². The lowest BCUT2D eigenvalue weighted by atomic mass is 10.3. The molecule has 0 bridgehead atoms. The first-order valence-corrected chi connectivity index (χ1v) is 3.70. The maximum absolute atomic E-state index is 8.94. The SMILES string of the molecule is Oc1ccc(NI)cc1O. The summed E-state index contributed by atoms with van der Waals surface area (Å²) in [5.41, 5.74) is 0.760. The van der Waals surface area contributed by atoms with Crippen LogP contribution in [0.3, 0.4) is 0 Å². The van der Waals surface area contributed by atoms with Crippen molar-refractivity contribution in [2.45, 2.75) is 0 Å². The summed E-state index contributed by atoms with van der Waals surface area (Å²) >= 11 is 1.94. The first-order chi connectivity index (χ1) is 4.74. The Bertz CT molecular complexity index is 239. The van der Waals surface area contributed by atoms with E-state index >= 15 is 0 Å². The number of halogens is 1. The van der Waals surface area contributed by atoms with E-state index in [0.29, 0.717) is 0 Å². The Labute approximate surface area is 72.2 Å². The standard InChI is InChI=1S/C6H6INO2/c7-8-4-1-2-5(9)6(10)3-4/h1-3,8-10H. The van der Waals surface area contributed by atoms with Crippen LogP contribution in [0.15, 0.2) is 18.2 Å². The first kappa shape index (κ1) is 7.46. The van der Waals surface area contributed by atoms with Gasteiger partial charge in [-0.1, -0.05) is 0 Å². The molecule has 0 aromatic heterocycles. The molecular weight excluding hydrogens is 245 g/mol. The van der Waals surface area contributed by atoms with Gasteiger partial charge >= 0.3 is 0 Å². The fraction of sp³-hybridized carbons (Fsp3) is 0. The monoisotopic (exact) mass is 251 g/mol. The van der Waals surface area contributed by atoms with E-state index in [1.165, 1.54) is 12.1 Å². The summed E-state index contributed by atoms with van der Waals surface area (Å²) in [5.74, 6) is -0.211. The van der Waals surface area contributed by atoms with Crippen LogP contribution in [-0.4, -0.2) is 10.2 Å². The molecule has 1 aromatic rings. The number of rotatable bonds is 1. The molecule has 4 heteroatoms. The van der Waals surface area contributed by atoms with Gasteiger partial charge in [-0.05, 0) is 12.1 Å². The van der Waals surface area contributed by atoms with Crippen molar-refractivity contribution in [1.29, 1.82) is 0 Å². The molecule has 3 nitrogen and oxygen atoms in total. The van der Waals surface area contributed by atoms with Crippen LogP contribution >= 0.6 is 22.9 Å². The Kier molecular flexibility index (Phi) is 2.21. The van der Waals surface area contributed by atoms with Crippen molar-refractivity contribution in [2.24, 2.45) is 0 Å². The van der Waals surface area contributed by atoms with E-state index in [9.17, 15) is 0 Å². The third kappa shape index (κ3) is 1.44. The summed E-state index contributed by atoms with van der Waals surface area (Å²) in [7, 11) is 0. The molecule has 0 saturated carbocycles. The van der Waals surface area contributed by atoms with Gasteiger partial charge in [0.15, 0.2) is 11.5 Å². The number of hydrogen-bond acceptors (Lipinski definition) is 3. The molecule has 0 aliphatic heterocycles. The summed E-state index contributed by atoms with van der Waals surface area (Å²) in [6, 6.07) is 4.54. The van der Waals surface area contributed by atoms with Crippen LogP contribution < -0.4 is 3.53 Å². The molecule has 0 aliphatic carbocycles. The zero-order valence-electron chi connectivity index (χ0n) is 5.00. The van der Waals surface area contributed by atoms with Gasteiger partial charge in [0.1, 0.15) is 0 Å². The number of benzene rings is 1.